The van der Waals surface area contributed by atoms with Gasteiger partial charge in [0.05, 0.1) is 16.7 Å². The van der Waals surface area contributed by atoms with Crippen molar-refractivity contribution in [3.8, 4) is 61.3 Å². The van der Waals surface area contributed by atoms with Gasteiger partial charge in [0.25, 0.3) is 0 Å². The zero-order valence-corrected chi connectivity index (χ0v) is 37.7. The van der Waals surface area contributed by atoms with E-state index in [2.05, 4.69) is 264 Å². The minimum absolute atomic E-state index is 0.899. The van der Waals surface area contributed by atoms with Gasteiger partial charge in [-0.3, -0.25) is 0 Å². The lowest BCUT2D eigenvalue weighted by Crippen LogP contribution is -2.10. The molecule has 0 unspecified atom stereocenters. The van der Waals surface area contributed by atoms with E-state index in [0.29, 0.717) is 0 Å². The predicted molar refractivity (Wildman–Crippen MR) is 290 cm³/mol. The summed E-state index contributed by atoms with van der Waals surface area (Å²) in [6, 6.07) is 96.0. The first kappa shape index (κ1) is 40.1. The molecule has 13 aromatic rings. The number of fused-ring (bicyclic) bond motifs is 6. The summed E-state index contributed by atoms with van der Waals surface area (Å²) in [4.78, 5) is 2.36. The lowest BCUT2D eigenvalue weighted by molar-refractivity contribution is 0.670. The average molecular weight is 881 g/mol. The molecule has 0 aliphatic rings. The van der Waals surface area contributed by atoms with Gasteiger partial charge < -0.3 is 13.9 Å². The topological polar surface area (TPSA) is 21.3 Å². The molecule has 0 radical (unpaired) electrons. The Morgan fingerprint density at radius 3 is 1.43 bits per heavy atom. The summed E-state index contributed by atoms with van der Waals surface area (Å²) < 4.78 is 8.90. The number of rotatable bonds is 9. The largest absolute Gasteiger partial charge is 0.455 e. The molecule has 0 bridgehead atoms. The van der Waals surface area contributed by atoms with Crippen LogP contribution in [0.2, 0.25) is 0 Å². The first-order valence-corrected chi connectivity index (χ1v) is 23.6. The highest BCUT2D eigenvalue weighted by atomic mass is 16.3. The second kappa shape index (κ2) is 16.9. The molecule has 0 aliphatic heterocycles. The molecule has 2 aromatic heterocycles. The van der Waals surface area contributed by atoms with Crippen LogP contribution >= 0.6 is 0 Å². The Balaban J connectivity index is 0.903. The van der Waals surface area contributed by atoms with Crippen LogP contribution in [0, 0.1) is 0 Å². The molecule has 0 saturated carbocycles. The van der Waals surface area contributed by atoms with Crippen LogP contribution in [0.1, 0.15) is 0 Å². The third kappa shape index (κ3) is 7.08. The second-order valence-corrected chi connectivity index (χ2v) is 17.6. The Kier molecular flexibility index (Phi) is 9.84. The van der Waals surface area contributed by atoms with Crippen LogP contribution in [-0.2, 0) is 0 Å². The van der Waals surface area contributed by atoms with Crippen molar-refractivity contribution in [1.82, 2.24) is 4.57 Å². The SMILES string of the molecule is c1ccc(-c2ccc(-c3cccc(N(c4ccc(-c5ccccc5-c5ccccc5-n5c6ccccc6c6ccccc65)cc4)c4ccc(-c5cccc6c5oc5ccccc56)cc4)c3)cc2)cc1. The van der Waals surface area contributed by atoms with E-state index in [1.807, 2.05) is 12.1 Å². The lowest BCUT2D eigenvalue weighted by atomic mass is 9.93. The molecule has 11 aromatic carbocycles. The van der Waals surface area contributed by atoms with E-state index in [1.54, 1.807) is 0 Å². The molecule has 13 rings (SSSR count). The highest BCUT2D eigenvalue weighted by Gasteiger charge is 2.20. The summed E-state index contributed by atoms with van der Waals surface area (Å²) in [6.45, 7) is 0. The molecular formula is C66H44N2O. The van der Waals surface area contributed by atoms with Gasteiger partial charge >= 0.3 is 0 Å². The Labute approximate surface area is 401 Å². The number of anilines is 3. The minimum atomic E-state index is 0.899. The first-order chi connectivity index (χ1) is 34.2. The zero-order chi connectivity index (χ0) is 45.7. The molecule has 0 fully saturated rings. The summed E-state index contributed by atoms with van der Waals surface area (Å²) in [5.41, 5.74) is 20.1. The zero-order valence-electron chi connectivity index (χ0n) is 37.7. The molecule has 0 saturated heterocycles. The molecule has 324 valence electrons. The van der Waals surface area contributed by atoms with Crippen molar-refractivity contribution in [2.45, 2.75) is 0 Å². The van der Waals surface area contributed by atoms with Crippen molar-refractivity contribution in [3.05, 3.63) is 267 Å². The summed E-state index contributed by atoms with van der Waals surface area (Å²) in [6.07, 6.45) is 0. The van der Waals surface area contributed by atoms with Crippen molar-refractivity contribution in [2.24, 2.45) is 0 Å². The van der Waals surface area contributed by atoms with Gasteiger partial charge in [-0.05, 0) is 105 Å². The second-order valence-electron chi connectivity index (χ2n) is 17.6. The average Bonchev–Trinajstić information content (AvgIpc) is 3.98. The molecular weight excluding hydrogens is 837 g/mol. The molecule has 0 N–H and O–H groups in total. The fourth-order valence-electron chi connectivity index (χ4n) is 10.4. The molecule has 2 heterocycles. The Morgan fingerprint density at radius 1 is 0.275 bits per heavy atom. The number of hydrogen-bond acceptors (Lipinski definition) is 2. The van der Waals surface area contributed by atoms with E-state index < -0.39 is 0 Å². The molecule has 3 nitrogen and oxygen atoms in total. The molecule has 69 heavy (non-hydrogen) atoms. The third-order valence-corrected chi connectivity index (χ3v) is 13.6. The molecule has 3 heteroatoms. The van der Waals surface area contributed by atoms with Gasteiger partial charge in [0.2, 0.25) is 0 Å². The van der Waals surface area contributed by atoms with Gasteiger partial charge in [-0.25, -0.2) is 0 Å². The summed E-state index contributed by atoms with van der Waals surface area (Å²) >= 11 is 0. The Hall–Kier alpha value is -9.18. The predicted octanol–water partition coefficient (Wildman–Crippen LogP) is 18.5. The van der Waals surface area contributed by atoms with Crippen LogP contribution < -0.4 is 4.90 Å². The van der Waals surface area contributed by atoms with Crippen LogP contribution in [0.4, 0.5) is 17.1 Å². The maximum absolute atomic E-state index is 6.47. The number of aromatic nitrogens is 1. The van der Waals surface area contributed by atoms with Crippen molar-refractivity contribution in [1.29, 1.82) is 0 Å². The van der Waals surface area contributed by atoms with Crippen LogP contribution in [0.25, 0.3) is 105 Å². The van der Waals surface area contributed by atoms with Crippen molar-refractivity contribution >= 4 is 60.8 Å². The van der Waals surface area contributed by atoms with Crippen molar-refractivity contribution in [3.63, 3.8) is 0 Å². The minimum Gasteiger partial charge on any atom is -0.455 e. The molecule has 0 amide bonds. The van der Waals surface area contributed by atoms with E-state index in [1.165, 1.54) is 55.2 Å². The van der Waals surface area contributed by atoms with E-state index in [9.17, 15) is 0 Å². The summed E-state index contributed by atoms with van der Waals surface area (Å²) in [5, 5.41) is 4.76. The number of furan rings is 1. The van der Waals surface area contributed by atoms with Gasteiger partial charge in [0.1, 0.15) is 11.2 Å². The monoisotopic (exact) mass is 880 g/mol. The van der Waals surface area contributed by atoms with Gasteiger partial charge in [-0.2, -0.15) is 0 Å². The van der Waals surface area contributed by atoms with Gasteiger partial charge in [-0.15, -0.1) is 0 Å². The normalized spacial score (nSPS) is 11.5. The molecule has 0 atom stereocenters. The number of hydrogen-bond donors (Lipinski definition) is 0. The van der Waals surface area contributed by atoms with Crippen molar-refractivity contribution in [2.75, 3.05) is 4.90 Å². The van der Waals surface area contributed by atoms with Gasteiger partial charge in [0, 0.05) is 49.7 Å². The first-order valence-electron chi connectivity index (χ1n) is 23.6. The lowest BCUT2D eigenvalue weighted by Gasteiger charge is -2.26. The Morgan fingerprint density at radius 2 is 0.739 bits per heavy atom. The highest BCUT2D eigenvalue weighted by Crippen LogP contribution is 2.43. The van der Waals surface area contributed by atoms with Gasteiger partial charge in [-0.1, -0.05) is 206 Å². The highest BCUT2D eigenvalue weighted by molar-refractivity contribution is 6.11. The van der Waals surface area contributed by atoms with Crippen LogP contribution in [-0.4, -0.2) is 4.57 Å². The van der Waals surface area contributed by atoms with Crippen LogP contribution in [0.3, 0.4) is 0 Å². The fraction of sp³-hybridized carbons (Fsp3) is 0. The fourth-order valence-corrected chi connectivity index (χ4v) is 10.4. The quantitative estimate of drug-likeness (QED) is 0.144. The number of nitrogens with zero attached hydrogens (tertiary/aromatic N) is 2. The molecule has 0 spiro atoms. The summed E-state index contributed by atoms with van der Waals surface area (Å²) in [5.74, 6) is 0. The molecule has 0 aliphatic carbocycles. The number of benzene rings is 11. The smallest absolute Gasteiger partial charge is 0.143 e. The van der Waals surface area contributed by atoms with Crippen molar-refractivity contribution < 1.29 is 4.42 Å². The summed E-state index contributed by atoms with van der Waals surface area (Å²) in [7, 11) is 0. The van der Waals surface area contributed by atoms with Crippen LogP contribution in [0.5, 0.6) is 0 Å². The van der Waals surface area contributed by atoms with E-state index in [4.69, 9.17) is 4.42 Å². The van der Waals surface area contributed by atoms with Gasteiger partial charge in [0.15, 0.2) is 0 Å². The standard InChI is InChI=1S/C66H44N2O/c1-2-16-45(17-3-1)46-32-34-47(35-33-46)50-18-14-19-53(44-50)67(52-42-38-49(39-43-52)55-26-15-27-61-60-25-9-13-31-65(60)69-66(55)61)51-40-36-48(37-41-51)54-20-4-5-21-56(54)57-22-6-10-28-62(57)68-63-29-11-7-23-58(63)59-24-8-12-30-64(59)68/h1-44H. The van der Waals surface area contributed by atoms with E-state index >= 15 is 0 Å². The van der Waals surface area contributed by atoms with Crippen LogP contribution in [0.15, 0.2) is 271 Å². The third-order valence-electron chi connectivity index (χ3n) is 13.6. The maximum atomic E-state index is 6.47. The Bertz CT molecular complexity index is 3940. The number of para-hydroxylation sites is 5. The van der Waals surface area contributed by atoms with E-state index in [0.717, 1.165) is 66.9 Å². The van der Waals surface area contributed by atoms with E-state index in [-0.39, 0.29) is 0 Å². The maximum Gasteiger partial charge on any atom is 0.143 e.